The van der Waals surface area contributed by atoms with E-state index in [0.29, 0.717) is 5.02 Å². The summed E-state index contributed by atoms with van der Waals surface area (Å²) in [7, 11) is 0. The van der Waals surface area contributed by atoms with Gasteiger partial charge in [0.2, 0.25) is 5.91 Å². The molecule has 1 aromatic carbocycles. The Labute approximate surface area is 109 Å². The molecule has 1 aromatic rings. The summed E-state index contributed by atoms with van der Waals surface area (Å²) in [4.78, 5) is 22.9. The van der Waals surface area contributed by atoms with Crippen molar-refractivity contribution in [2.75, 3.05) is 6.61 Å². The predicted molar refractivity (Wildman–Crippen MR) is 65.0 cm³/mol. The number of nitriles is 1. The van der Waals surface area contributed by atoms with E-state index in [-0.39, 0.29) is 17.7 Å². The first-order valence-corrected chi connectivity index (χ1v) is 5.54. The van der Waals surface area contributed by atoms with Crippen LogP contribution in [0.15, 0.2) is 18.2 Å². The van der Waals surface area contributed by atoms with Crippen LogP contribution in [0.4, 0.5) is 0 Å². The van der Waals surface area contributed by atoms with Crippen molar-refractivity contribution in [1.29, 1.82) is 5.26 Å². The van der Waals surface area contributed by atoms with Gasteiger partial charge >= 0.3 is 5.97 Å². The zero-order valence-corrected chi connectivity index (χ0v) is 10.4. The number of primary amides is 1. The van der Waals surface area contributed by atoms with Crippen molar-refractivity contribution >= 4 is 23.5 Å². The molecule has 0 heterocycles. The Morgan fingerprint density at radius 1 is 1.56 bits per heavy atom. The molecule has 1 amide bonds. The average Bonchev–Trinajstić information content (AvgIpc) is 2.29. The molecule has 18 heavy (non-hydrogen) atoms. The quantitative estimate of drug-likeness (QED) is 0.838. The maximum Gasteiger partial charge on any atom is 0.338 e. The summed E-state index contributed by atoms with van der Waals surface area (Å²) in [5.41, 5.74) is 5.40. The molecule has 0 spiro atoms. The number of nitrogens with zero attached hydrogens (tertiary/aromatic N) is 1. The third-order valence-electron chi connectivity index (χ3n) is 2.23. The third-order valence-corrected chi connectivity index (χ3v) is 2.47. The molecular weight excluding hydrogens is 256 g/mol. The second-order valence-electron chi connectivity index (χ2n) is 3.42. The monoisotopic (exact) mass is 266 g/mol. The Morgan fingerprint density at radius 3 is 2.72 bits per heavy atom. The summed E-state index contributed by atoms with van der Waals surface area (Å²) in [5.74, 6) is -2.70. The van der Waals surface area contributed by atoms with Gasteiger partial charge in [-0.1, -0.05) is 11.6 Å². The van der Waals surface area contributed by atoms with Crippen LogP contribution in [0.25, 0.3) is 0 Å². The largest absolute Gasteiger partial charge is 0.462 e. The van der Waals surface area contributed by atoms with E-state index in [9.17, 15) is 9.59 Å². The SMILES string of the molecule is CCOC(=O)c1ccc(Cl)cc1C(C#N)C(N)=O. The van der Waals surface area contributed by atoms with Crippen LogP contribution in [0.1, 0.15) is 28.8 Å². The molecule has 2 N–H and O–H groups in total. The van der Waals surface area contributed by atoms with Crippen LogP contribution in [-0.4, -0.2) is 18.5 Å². The molecule has 0 aliphatic carbocycles. The van der Waals surface area contributed by atoms with E-state index in [1.807, 2.05) is 0 Å². The lowest BCUT2D eigenvalue weighted by Crippen LogP contribution is -2.22. The molecule has 94 valence electrons. The molecule has 0 fully saturated rings. The van der Waals surface area contributed by atoms with Crippen molar-refractivity contribution in [2.24, 2.45) is 5.73 Å². The smallest absolute Gasteiger partial charge is 0.338 e. The van der Waals surface area contributed by atoms with Gasteiger partial charge in [0.15, 0.2) is 5.92 Å². The zero-order chi connectivity index (χ0) is 13.7. The first kappa shape index (κ1) is 14.0. The van der Waals surface area contributed by atoms with Crippen LogP contribution in [0.2, 0.25) is 5.02 Å². The molecule has 5 nitrogen and oxygen atoms in total. The summed E-state index contributed by atoms with van der Waals surface area (Å²) >= 11 is 5.79. The van der Waals surface area contributed by atoms with Gasteiger partial charge in [-0.05, 0) is 30.7 Å². The summed E-state index contributed by atoms with van der Waals surface area (Å²) in [6.07, 6.45) is 0. The highest BCUT2D eigenvalue weighted by atomic mass is 35.5. The Bertz CT molecular complexity index is 523. The van der Waals surface area contributed by atoms with Crippen molar-refractivity contribution in [3.63, 3.8) is 0 Å². The number of esters is 1. The molecule has 0 aliphatic heterocycles. The van der Waals surface area contributed by atoms with E-state index >= 15 is 0 Å². The van der Waals surface area contributed by atoms with Crippen LogP contribution in [0.5, 0.6) is 0 Å². The highest BCUT2D eigenvalue weighted by Crippen LogP contribution is 2.24. The predicted octanol–water partition coefficient (Wildman–Crippen LogP) is 1.61. The van der Waals surface area contributed by atoms with E-state index in [2.05, 4.69) is 0 Å². The minimum atomic E-state index is -1.23. The van der Waals surface area contributed by atoms with Gasteiger partial charge < -0.3 is 10.5 Å². The van der Waals surface area contributed by atoms with Gasteiger partial charge in [-0.15, -0.1) is 0 Å². The Balaban J connectivity index is 3.32. The maximum absolute atomic E-state index is 11.7. The van der Waals surface area contributed by atoms with Crippen molar-refractivity contribution in [3.8, 4) is 6.07 Å². The fraction of sp³-hybridized carbons (Fsp3) is 0.250. The number of rotatable bonds is 4. The normalized spacial score (nSPS) is 11.4. The van der Waals surface area contributed by atoms with Gasteiger partial charge in [-0.2, -0.15) is 5.26 Å². The summed E-state index contributed by atoms with van der Waals surface area (Å²) in [6.45, 7) is 1.85. The second-order valence-corrected chi connectivity index (χ2v) is 3.85. The fourth-order valence-electron chi connectivity index (χ4n) is 1.45. The molecule has 0 aliphatic rings. The molecule has 0 bridgehead atoms. The lowest BCUT2D eigenvalue weighted by molar-refractivity contribution is -0.118. The van der Waals surface area contributed by atoms with Crippen LogP contribution < -0.4 is 5.73 Å². The highest BCUT2D eigenvalue weighted by Gasteiger charge is 2.24. The fourth-order valence-corrected chi connectivity index (χ4v) is 1.63. The van der Waals surface area contributed by atoms with Gasteiger partial charge in [0.25, 0.3) is 0 Å². The van der Waals surface area contributed by atoms with Crippen LogP contribution in [-0.2, 0) is 9.53 Å². The number of hydrogen-bond donors (Lipinski definition) is 1. The van der Waals surface area contributed by atoms with Crippen molar-refractivity contribution in [1.82, 2.24) is 0 Å². The topological polar surface area (TPSA) is 93.2 Å². The van der Waals surface area contributed by atoms with E-state index in [4.69, 9.17) is 27.3 Å². The number of hydrogen-bond acceptors (Lipinski definition) is 4. The van der Waals surface area contributed by atoms with Crippen LogP contribution in [0.3, 0.4) is 0 Å². The van der Waals surface area contributed by atoms with E-state index in [1.165, 1.54) is 18.2 Å². The second kappa shape index (κ2) is 6.03. The van der Waals surface area contributed by atoms with Gasteiger partial charge in [0.1, 0.15) is 0 Å². The first-order chi connectivity index (χ1) is 8.51. The van der Waals surface area contributed by atoms with E-state index in [1.54, 1.807) is 13.0 Å². The van der Waals surface area contributed by atoms with Crippen LogP contribution in [0, 0.1) is 11.3 Å². The van der Waals surface area contributed by atoms with Gasteiger partial charge in [0.05, 0.1) is 18.2 Å². The number of benzene rings is 1. The van der Waals surface area contributed by atoms with E-state index < -0.39 is 17.8 Å². The molecule has 1 atom stereocenters. The molecule has 1 unspecified atom stereocenters. The average molecular weight is 267 g/mol. The molecule has 1 rings (SSSR count). The van der Waals surface area contributed by atoms with Crippen molar-refractivity contribution < 1.29 is 14.3 Å². The molecule has 0 radical (unpaired) electrons. The lowest BCUT2D eigenvalue weighted by atomic mass is 9.95. The van der Waals surface area contributed by atoms with Gasteiger partial charge in [-0.25, -0.2) is 4.79 Å². The number of halogens is 1. The number of carbonyl (C=O) groups excluding carboxylic acids is 2. The van der Waals surface area contributed by atoms with Gasteiger partial charge in [0, 0.05) is 5.02 Å². The number of nitrogens with two attached hydrogens (primary N) is 1. The number of amides is 1. The summed E-state index contributed by atoms with van der Waals surface area (Å²) in [6, 6.07) is 5.99. The number of ether oxygens (including phenoxy) is 1. The highest BCUT2D eigenvalue weighted by molar-refractivity contribution is 6.30. The standard InChI is InChI=1S/C12H11ClN2O3/c1-2-18-12(17)8-4-3-7(13)5-9(8)10(6-14)11(15)16/h3-5,10H,2H2,1H3,(H2,15,16). The van der Waals surface area contributed by atoms with Crippen molar-refractivity contribution in [3.05, 3.63) is 34.3 Å². The molecule has 6 heteroatoms. The lowest BCUT2D eigenvalue weighted by Gasteiger charge is -2.11. The first-order valence-electron chi connectivity index (χ1n) is 5.16. The Kier molecular flexibility index (Phi) is 4.69. The number of carbonyl (C=O) groups is 2. The minimum absolute atomic E-state index is 0.117. The minimum Gasteiger partial charge on any atom is -0.462 e. The molecule has 0 aromatic heterocycles. The van der Waals surface area contributed by atoms with E-state index in [0.717, 1.165) is 0 Å². The third kappa shape index (κ3) is 2.99. The van der Waals surface area contributed by atoms with Gasteiger partial charge in [-0.3, -0.25) is 4.79 Å². The maximum atomic E-state index is 11.7. The molecule has 0 saturated carbocycles. The zero-order valence-electron chi connectivity index (χ0n) is 9.64. The Hall–Kier alpha value is -2.06. The van der Waals surface area contributed by atoms with Crippen LogP contribution >= 0.6 is 11.6 Å². The summed E-state index contributed by atoms with van der Waals surface area (Å²) < 4.78 is 4.84. The molecular formula is C12H11ClN2O3. The summed E-state index contributed by atoms with van der Waals surface area (Å²) in [5, 5.41) is 9.24. The van der Waals surface area contributed by atoms with Crippen molar-refractivity contribution in [2.45, 2.75) is 12.8 Å². The molecule has 0 saturated heterocycles. The Morgan fingerprint density at radius 2 is 2.22 bits per heavy atom.